The molecule has 1 saturated carbocycles. The van der Waals surface area contributed by atoms with Gasteiger partial charge in [-0.25, -0.2) is 0 Å². The fourth-order valence-corrected chi connectivity index (χ4v) is 4.95. The van der Waals surface area contributed by atoms with Gasteiger partial charge >= 0.3 is 0 Å². The first-order chi connectivity index (χ1) is 10.8. The van der Waals surface area contributed by atoms with Crippen molar-refractivity contribution in [1.29, 1.82) is 0 Å². The Balaban J connectivity index is 1.53. The van der Waals surface area contributed by atoms with Crippen molar-refractivity contribution in [2.24, 2.45) is 11.8 Å². The van der Waals surface area contributed by atoms with E-state index in [1.165, 1.54) is 71.0 Å². The van der Waals surface area contributed by atoms with Crippen LogP contribution in [0.3, 0.4) is 0 Å². The smallest absolute Gasteiger partial charge is 0.222 e. The van der Waals surface area contributed by atoms with E-state index in [2.05, 4.69) is 16.7 Å². The van der Waals surface area contributed by atoms with Gasteiger partial charge in [-0.2, -0.15) is 0 Å². The van der Waals surface area contributed by atoms with E-state index in [0.717, 1.165) is 31.2 Å². The molecule has 0 radical (unpaired) electrons. The second kappa shape index (κ2) is 7.81. The van der Waals surface area contributed by atoms with Gasteiger partial charge in [0.05, 0.1) is 0 Å². The fourth-order valence-electron chi connectivity index (χ4n) is 4.95. The predicted octanol–water partition coefficient (Wildman–Crippen LogP) is 3.68. The number of amides is 1. The largest absolute Gasteiger partial charge is 0.339 e. The summed E-state index contributed by atoms with van der Waals surface area (Å²) in [5, 5.41) is 0. The Hall–Kier alpha value is -0.570. The van der Waals surface area contributed by atoms with Gasteiger partial charge in [-0.3, -0.25) is 4.79 Å². The van der Waals surface area contributed by atoms with Crippen molar-refractivity contribution in [3.8, 4) is 0 Å². The quantitative estimate of drug-likeness (QED) is 0.773. The SMILES string of the molecule is CCCCN1C(=O)CC[C@@H]2CN(CC3CCCCC3)CC[C@@H]21. The van der Waals surface area contributed by atoms with Gasteiger partial charge in [0, 0.05) is 38.6 Å². The summed E-state index contributed by atoms with van der Waals surface area (Å²) in [6, 6.07) is 0.551. The molecule has 126 valence electrons. The van der Waals surface area contributed by atoms with Crippen LogP contribution in [0.4, 0.5) is 0 Å². The molecule has 2 aliphatic heterocycles. The van der Waals surface area contributed by atoms with Crippen LogP contribution < -0.4 is 0 Å². The van der Waals surface area contributed by atoms with E-state index in [-0.39, 0.29) is 0 Å². The molecule has 0 aromatic heterocycles. The van der Waals surface area contributed by atoms with Gasteiger partial charge in [0.25, 0.3) is 0 Å². The highest BCUT2D eigenvalue weighted by molar-refractivity contribution is 5.77. The van der Waals surface area contributed by atoms with E-state index in [1.807, 2.05) is 0 Å². The van der Waals surface area contributed by atoms with Crippen LogP contribution in [0.5, 0.6) is 0 Å². The third kappa shape index (κ3) is 3.84. The maximum absolute atomic E-state index is 12.3. The van der Waals surface area contributed by atoms with Crippen molar-refractivity contribution in [3.63, 3.8) is 0 Å². The Morgan fingerprint density at radius 3 is 2.68 bits per heavy atom. The van der Waals surface area contributed by atoms with E-state index in [4.69, 9.17) is 0 Å². The van der Waals surface area contributed by atoms with Gasteiger partial charge in [-0.1, -0.05) is 32.6 Å². The van der Waals surface area contributed by atoms with E-state index in [1.54, 1.807) is 0 Å². The second-order valence-corrected chi connectivity index (χ2v) is 7.86. The van der Waals surface area contributed by atoms with E-state index < -0.39 is 0 Å². The number of likely N-dealkylation sites (tertiary alicyclic amines) is 2. The topological polar surface area (TPSA) is 23.6 Å². The third-order valence-electron chi connectivity index (χ3n) is 6.22. The minimum Gasteiger partial charge on any atom is -0.339 e. The number of fused-ring (bicyclic) bond motifs is 1. The zero-order valence-electron chi connectivity index (χ0n) is 14.4. The number of nitrogens with zero attached hydrogens (tertiary/aromatic N) is 2. The van der Waals surface area contributed by atoms with Crippen LogP contribution in [0.1, 0.15) is 71.1 Å². The number of carbonyl (C=O) groups excluding carboxylic acids is 1. The Kier molecular flexibility index (Phi) is 5.78. The zero-order valence-corrected chi connectivity index (χ0v) is 14.4. The van der Waals surface area contributed by atoms with Crippen LogP contribution in [-0.2, 0) is 4.79 Å². The number of hydrogen-bond donors (Lipinski definition) is 0. The summed E-state index contributed by atoms with van der Waals surface area (Å²) in [6.07, 6.45) is 12.7. The summed E-state index contributed by atoms with van der Waals surface area (Å²) in [7, 11) is 0. The lowest BCUT2D eigenvalue weighted by Crippen LogP contribution is -2.56. The molecule has 1 amide bonds. The number of unbranched alkanes of at least 4 members (excludes halogenated alkanes) is 1. The van der Waals surface area contributed by atoms with E-state index in [0.29, 0.717) is 11.9 Å². The number of piperidine rings is 2. The van der Waals surface area contributed by atoms with Crippen molar-refractivity contribution >= 4 is 5.91 Å². The highest BCUT2D eigenvalue weighted by atomic mass is 16.2. The molecule has 2 saturated heterocycles. The van der Waals surface area contributed by atoms with Crippen molar-refractivity contribution in [1.82, 2.24) is 9.80 Å². The van der Waals surface area contributed by atoms with Crippen LogP contribution in [-0.4, -0.2) is 47.9 Å². The minimum atomic E-state index is 0.426. The molecule has 3 heteroatoms. The summed E-state index contributed by atoms with van der Waals surface area (Å²) in [5.74, 6) is 2.12. The van der Waals surface area contributed by atoms with Crippen molar-refractivity contribution in [3.05, 3.63) is 0 Å². The summed E-state index contributed by atoms with van der Waals surface area (Å²) < 4.78 is 0. The van der Waals surface area contributed by atoms with Crippen LogP contribution >= 0.6 is 0 Å². The second-order valence-electron chi connectivity index (χ2n) is 7.86. The molecule has 3 rings (SSSR count). The summed E-state index contributed by atoms with van der Waals surface area (Å²) in [6.45, 7) is 7.01. The number of carbonyl (C=O) groups is 1. The van der Waals surface area contributed by atoms with Crippen LogP contribution in [0.2, 0.25) is 0 Å². The lowest BCUT2D eigenvalue weighted by molar-refractivity contribution is -0.141. The molecule has 0 aromatic carbocycles. The maximum Gasteiger partial charge on any atom is 0.222 e. The first-order valence-corrected chi connectivity index (χ1v) is 9.79. The molecule has 0 N–H and O–H groups in total. The van der Waals surface area contributed by atoms with Gasteiger partial charge in [0.1, 0.15) is 0 Å². The first kappa shape index (κ1) is 16.3. The average Bonchev–Trinajstić information content (AvgIpc) is 2.55. The molecule has 22 heavy (non-hydrogen) atoms. The molecular weight excluding hydrogens is 272 g/mol. The molecule has 0 spiro atoms. The van der Waals surface area contributed by atoms with Gasteiger partial charge in [0.2, 0.25) is 5.91 Å². The Labute approximate surface area is 136 Å². The van der Waals surface area contributed by atoms with Crippen molar-refractivity contribution in [2.75, 3.05) is 26.2 Å². The molecule has 0 bridgehead atoms. The Morgan fingerprint density at radius 2 is 1.91 bits per heavy atom. The summed E-state index contributed by atoms with van der Waals surface area (Å²) >= 11 is 0. The number of hydrogen-bond acceptors (Lipinski definition) is 2. The maximum atomic E-state index is 12.3. The molecule has 1 aliphatic carbocycles. The third-order valence-corrected chi connectivity index (χ3v) is 6.22. The van der Waals surface area contributed by atoms with E-state index in [9.17, 15) is 4.79 Å². The standard InChI is InChI=1S/C19H34N2O/c1-2-3-12-21-18-11-13-20(14-16-7-5-4-6-8-16)15-17(18)9-10-19(21)22/h16-18H,2-15H2,1H3/t17-,18+/m1/s1. The van der Waals surface area contributed by atoms with Crippen molar-refractivity contribution in [2.45, 2.75) is 77.2 Å². The highest BCUT2D eigenvalue weighted by Crippen LogP contribution is 2.33. The fraction of sp³-hybridized carbons (Fsp3) is 0.947. The molecule has 0 aromatic rings. The Morgan fingerprint density at radius 1 is 1.09 bits per heavy atom. The molecule has 2 heterocycles. The Bertz CT molecular complexity index is 364. The van der Waals surface area contributed by atoms with Crippen LogP contribution in [0.15, 0.2) is 0 Å². The molecular formula is C19H34N2O. The van der Waals surface area contributed by atoms with Gasteiger partial charge in [-0.15, -0.1) is 0 Å². The first-order valence-electron chi connectivity index (χ1n) is 9.79. The predicted molar refractivity (Wildman–Crippen MR) is 90.8 cm³/mol. The highest BCUT2D eigenvalue weighted by Gasteiger charge is 2.39. The molecule has 3 fully saturated rings. The number of rotatable bonds is 5. The lowest BCUT2D eigenvalue weighted by atomic mass is 9.82. The van der Waals surface area contributed by atoms with Gasteiger partial charge < -0.3 is 9.80 Å². The molecule has 3 nitrogen and oxygen atoms in total. The van der Waals surface area contributed by atoms with Gasteiger partial charge in [-0.05, 0) is 43.9 Å². The van der Waals surface area contributed by atoms with Crippen LogP contribution in [0, 0.1) is 11.8 Å². The summed E-state index contributed by atoms with van der Waals surface area (Å²) in [5.41, 5.74) is 0. The van der Waals surface area contributed by atoms with Gasteiger partial charge in [0.15, 0.2) is 0 Å². The molecule has 0 unspecified atom stereocenters. The van der Waals surface area contributed by atoms with E-state index >= 15 is 0 Å². The molecule has 3 aliphatic rings. The average molecular weight is 306 g/mol. The van der Waals surface area contributed by atoms with Crippen LogP contribution in [0.25, 0.3) is 0 Å². The lowest BCUT2D eigenvalue weighted by Gasteiger charge is -2.48. The monoisotopic (exact) mass is 306 g/mol. The zero-order chi connectivity index (χ0) is 15.4. The normalized spacial score (nSPS) is 31.3. The minimum absolute atomic E-state index is 0.426. The molecule has 2 atom stereocenters. The summed E-state index contributed by atoms with van der Waals surface area (Å²) in [4.78, 5) is 17.2. The van der Waals surface area contributed by atoms with Crippen molar-refractivity contribution < 1.29 is 4.79 Å².